The highest BCUT2D eigenvalue weighted by Gasteiger charge is 2.27. The summed E-state index contributed by atoms with van der Waals surface area (Å²) in [5.74, 6) is -0.381. The van der Waals surface area contributed by atoms with Gasteiger partial charge in [-0.2, -0.15) is 4.31 Å². The number of sulfonamides is 1. The van der Waals surface area contributed by atoms with Gasteiger partial charge in [0.1, 0.15) is 17.1 Å². The maximum Gasteiger partial charge on any atom is 0.332 e. The lowest BCUT2D eigenvalue weighted by Gasteiger charge is -2.26. The zero-order chi connectivity index (χ0) is 24.6. The number of aryl methyl sites for hydroxylation is 1. The molecule has 3 aromatic rings. The SMILES string of the molecule is COc1ccc(S(=O)(=O)N2CCCCC2)cc1NC(=O)c1ccc2c(=O)n(C)c(=O)n(C)c2n1. The summed E-state index contributed by atoms with van der Waals surface area (Å²) in [6, 6.07) is 7.07. The Kier molecular flexibility index (Phi) is 6.28. The third kappa shape index (κ3) is 4.10. The second-order valence-corrected chi connectivity index (χ2v) is 9.99. The van der Waals surface area contributed by atoms with Crippen molar-refractivity contribution < 1.29 is 17.9 Å². The number of amides is 1. The number of hydrogen-bond donors (Lipinski definition) is 1. The summed E-state index contributed by atoms with van der Waals surface area (Å²) < 4.78 is 35.0. The molecule has 0 aliphatic carbocycles. The topological polar surface area (TPSA) is 133 Å². The first-order valence-corrected chi connectivity index (χ1v) is 12.2. The van der Waals surface area contributed by atoms with Gasteiger partial charge < -0.3 is 10.1 Å². The number of carbonyl (C=O) groups excluding carboxylic acids is 1. The van der Waals surface area contributed by atoms with Crippen LogP contribution in [0, 0.1) is 0 Å². The minimum Gasteiger partial charge on any atom is -0.495 e. The molecule has 1 N–H and O–H groups in total. The number of pyridine rings is 1. The van der Waals surface area contributed by atoms with Gasteiger partial charge in [0.25, 0.3) is 11.5 Å². The van der Waals surface area contributed by atoms with Crippen LogP contribution in [-0.2, 0) is 24.1 Å². The van der Waals surface area contributed by atoms with E-state index in [-0.39, 0.29) is 33.1 Å². The molecule has 0 unspecified atom stereocenters. The number of carbonyl (C=O) groups is 1. The Balaban J connectivity index is 1.70. The first-order valence-electron chi connectivity index (χ1n) is 10.7. The monoisotopic (exact) mass is 487 g/mol. The molecule has 1 fully saturated rings. The molecule has 4 rings (SSSR count). The Labute approximate surface area is 195 Å². The van der Waals surface area contributed by atoms with Crippen molar-refractivity contribution in [2.24, 2.45) is 14.1 Å². The smallest absolute Gasteiger partial charge is 0.332 e. The van der Waals surface area contributed by atoms with Crippen LogP contribution in [0.1, 0.15) is 29.8 Å². The van der Waals surface area contributed by atoms with E-state index in [0.717, 1.165) is 23.8 Å². The number of anilines is 1. The predicted molar refractivity (Wildman–Crippen MR) is 126 cm³/mol. The van der Waals surface area contributed by atoms with Crippen molar-refractivity contribution in [3.05, 3.63) is 56.9 Å². The zero-order valence-electron chi connectivity index (χ0n) is 19.1. The van der Waals surface area contributed by atoms with Crippen LogP contribution in [0.5, 0.6) is 5.75 Å². The summed E-state index contributed by atoms with van der Waals surface area (Å²) in [6.45, 7) is 0.907. The number of rotatable bonds is 5. The molecular weight excluding hydrogens is 462 g/mol. The fourth-order valence-electron chi connectivity index (χ4n) is 3.97. The zero-order valence-corrected chi connectivity index (χ0v) is 19.9. The van der Waals surface area contributed by atoms with E-state index in [2.05, 4.69) is 10.3 Å². The highest BCUT2D eigenvalue weighted by molar-refractivity contribution is 7.89. The number of ether oxygens (including phenoxy) is 1. The minimum absolute atomic E-state index is 0.0443. The third-order valence-electron chi connectivity index (χ3n) is 5.91. The van der Waals surface area contributed by atoms with Crippen molar-refractivity contribution in [2.75, 3.05) is 25.5 Å². The Morgan fingerprint density at radius 3 is 2.41 bits per heavy atom. The van der Waals surface area contributed by atoms with Gasteiger partial charge in [-0.25, -0.2) is 18.2 Å². The molecule has 1 saturated heterocycles. The quantitative estimate of drug-likeness (QED) is 0.569. The van der Waals surface area contributed by atoms with Crippen LogP contribution in [0.4, 0.5) is 5.69 Å². The van der Waals surface area contributed by atoms with Gasteiger partial charge in [0, 0.05) is 27.2 Å². The maximum atomic E-state index is 13.1. The van der Waals surface area contributed by atoms with E-state index in [9.17, 15) is 22.8 Å². The van der Waals surface area contributed by atoms with Crippen LogP contribution in [0.2, 0.25) is 0 Å². The number of piperidine rings is 1. The van der Waals surface area contributed by atoms with E-state index in [0.29, 0.717) is 13.1 Å². The minimum atomic E-state index is -3.72. The van der Waals surface area contributed by atoms with E-state index in [1.165, 1.54) is 60.4 Å². The van der Waals surface area contributed by atoms with Gasteiger partial charge in [-0.05, 0) is 43.2 Å². The van der Waals surface area contributed by atoms with Crippen molar-refractivity contribution >= 4 is 32.7 Å². The Hall–Kier alpha value is -3.51. The molecule has 1 aromatic carbocycles. The Morgan fingerprint density at radius 2 is 1.74 bits per heavy atom. The number of aromatic nitrogens is 3. The number of benzene rings is 1. The second-order valence-electron chi connectivity index (χ2n) is 8.05. The number of fused-ring (bicyclic) bond motifs is 1. The van der Waals surface area contributed by atoms with Crippen LogP contribution in [0.15, 0.2) is 44.8 Å². The molecule has 2 aromatic heterocycles. The molecule has 180 valence electrons. The van der Waals surface area contributed by atoms with Gasteiger partial charge >= 0.3 is 5.69 Å². The van der Waals surface area contributed by atoms with Crippen molar-refractivity contribution in [3.8, 4) is 5.75 Å². The van der Waals surface area contributed by atoms with Crippen molar-refractivity contribution in [1.29, 1.82) is 0 Å². The molecule has 0 radical (unpaired) electrons. The lowest BCUT2D eigenvalue weighted by molar-refractivity contribution is 0.102. The molecule has 0 atom stereocenters. The van der Waals surface area contributed by atoms with Gasteiger partial charge in [0.05, 0.1) is 23.1 Å². The molecule has 3 heterocycles. The highest BCUT2D eigenvalue weighted by Crippen LogP contribution is 2.30. The summed E-state index contributed by atoms with van der Waals surface area (Å²) in [4.78, 5) is 41.8. The average molecular weight is 488 g/mol. The fraction of sp³-hybridized carbons (Fsp3) is 0.364. The molecule has 1 aliphatic heterocycles. The summed E-state index contributed by atoms with van der Waals surface area (Å²) in [5, 5.41) is 2.83. The van der Waals surface area contributed by atoms with Crippen LogP contribution < -0.4 is 21.3 Å². The lowest BCUT2D eigenvalue weighted by Crippen LogP contribution is -2.37. The third-order valence-corrected chi connectivity index (χ3v) is 7.80. The Bertz CT molecular complexity index is 1500. The molecular formula is C22H25N5O6S. The maximum absolute atomic E-state index is 13.1. The van der Waals surface area contributed by atoms with Gasteiger partial charge in [-0.3, -0.25) is 18.7 Å². The standard InChI is InChI=1S/C22H25N5O6S/c1-25-19-15(21(29)26(2)22(25)30)8-9-16(23-19)20(28)24-17-13-14(7-10-18(17)33-3)34(31,32)27-11-5-4-6-12-27/h7-10,13H,4-6,11-12H2,1-3H3,(H,24,28). The van der Waals surface area contributed by atoms with E-state index < -0.39 is 27.2 Å². The number of nitrogens with zero attached hydrogens (tertiary/aromatic N) is 4. The van der Waals surface area contributed by atoms with E-state index in [4.69, 9.17) is 4.74 Å². The van der Waals surface area contributed by atoms with Gasteiger partial charge in [0.2, 0.25) is 10.0 Å². The van der Waals surface area contributed by atoms with Crippen molar-refractivity contribution in [1.82, 2.24) is 18.4 Å². The molecule has 11 nitrogen and oxygen atoms in total. The van der Waals surface area contributed by atoms with Gasteiger partial charge in [0.15, 0.2) is 0 Å². The summed E-state index contributed by atoms with van der Waals surface area (Å²) in [6.07, 6.45) is 2.60. The highest BCUT2D eigenvalue weighted by atomic mass is 32.2. The van der Waals surface area contributed by atoms with E-state index in [1.807, 2.05) is 0 Å². The molecule has 1 aliphatic rings. The molecule has 0 saturated carbocycles. The average Bonchev–Trinajstić information content (AvgIpc) is 2.86. The normalized spacial score (nSPS) is 14.8. The van der Waals surface area contributed by atoms with Gasteiger partial charge in [-0.1, -0.05) is 6.42 Å². The number of hydrogen-bond acceptors (Lipinski definition) is 7. The predicted octanol–water partition coefficient (Wildman–Crippen LogP) is 1.07. The van der Waals surface area contributed by atoms with E-state index >= 15 is 0 Å². The molecule has 1 amide bonds. The van der Waals surface area contributed by atoms with Crippen LogP contribution in [0.25, 0.3) is 11.0 Å². The number of nitrogens with one attached hydrogen (secondary N) is 1. The largest absolute Gasteiger partial charge is 0.495 e. The van der Waals surface area contributed by atoms with Crippen LogP contribution in [-0.4, -0.2) is 52.9 Å². The Morgan fingerprint density at radius 1 is 1.03 bits per heavy atom. The summed E-state index contributed by atoms with van der Waals surface area (Å²) >= 11 is 0. The van der Waals surface area contributed by atoms with Crippen LogP contribution in [0.3, 0.4) is 0 Å². The first kappa shape index (κ1) is 23.6. The molecule has 0 bridgehead atoms. The van der Waals surface area contributed by atoms with Crippen molar-refractivity contribution in [3.63, 3.8) is 0 Å². The lowest BCUT2D eigenvalue weighted by atomic mass is 10.2. The second kappa shape index (κ2) is 9.03. The number of methoxy groups -OCH3 is 1. The molecule has 12 heteroatoms. The summed E-state index contributed by atoms with van der Waals surface area (Å²) in [5.41, 5.74) is -0.920. The van der Waals surface area contributed by atoms with Gasteiger partial charge in [-0.15, -0.1) is 0 Å². The first-order chi connectivity index (χ1) is 16.1. The van der Waals surface area contributed by atoms with Crippen molar-refractivity contribution in [2.45, 2.75) is 24.2 Å². The van der Waals surface area contributed by atoms with Crippen LogP contribution >= 0.6 is 0 Å². The molecule has 34 heavy (non-hydrogen) atoms. The summed E-state index contributed by atoms with van der Waals surface area (Å²) in [7, 11) is 0.502. The fourth-order valence-corrected chi connectivity index (χ4v) is 5.51. The molecule has 0 spiro atoms. The van der Waals surface area contributed by atoms with E-state index in [1.54, 1.807) is 0 Å².